The van der Waals surface area contributed by atoms with E-state index in [2.05, 4.69) is 43.6 Å². The molecule has 0 aromatic heterocycles. The van der Waals surface area contributed by atoms with Crippen molar-refractivity contribution >= 4 is 5.91 Å². The molecule has 1 saturated heterocycles. The third-order valence-electron chi connectivity index (χ3n) is 4.65. The van der Waals surface area contributed by atoms with Crippen LogP contribution in [-0.2, 0) is 4.79 Å². The molecule has 0 spiro atoms. The molecule has 1 N–H and O–H groups in total. The van der Waals surface area contributed by atoms with Gasteiger partial charge in [-0.3, -0.25) is 4.79 Å². The first-order valence-corrected chi connectivity index (χ1v) is 7.74. The molecule has 0 aromatic rings. The topological polar surface area (TPSA) is 32.3 Å². The Kier molecular flexibility index (Phi) is 4.41. The average Bonchev–Trinajstić information content (AvgIpc) is 2.82. The summed E-state index contributed by atoms with van der Waals surface area (Å²) in [6.45, 7) is 13.8. The van der Waals surface area contributed by atoms with Gasteiger partial charge in [0.1, 0.15) is 0 Å². The van der Waals surface area contributed by atoms with Crippen molar-refractivity contribution in [1.82, 2.24) is 10.2 Å². The Hall–Kier alpha value is -1.05. The number of rotatable bonds is 3. The van der Waals surface area contributed by atoms with Crippen molar-refractivity contribution in [2.24, 2.45) is 11.3 Å². The lowest BCUT2D eigenvalue weighted by molar-refractivity contribution is -0.119. The summed E-state index contributed by atoms with van der Waals surface area (Å²) in [4.78, 5) is 13.6. The van der Waals surface area contributed by atoms with E-state index in [0.717, 1.165) is 32.5 Å². The highest BCUT2D eigenvalue weighted by Gasteiger charge is 2.52. The highest BCUT2D eigenvalue weighted by Crippen LogP contribution is 2.57. The number of amides is 1. The molecule has 1 aliphatic carbocycles. The summed E-state index contributed by atoms with van der Waals surface area (Å²) in [5, 5.41) is 3.04. The van der Waals surface area contributed by atoms with Gasteiger partial charge in [0.15, 0.2) is 0 Å². The second-order valence-corrected chi connectivity index (χ2v) is 7.09. The largest absolute Gasteiger partial charge is 0.354 e. The van der Waals surface area contributed by atoms with E-state index in [1.165, 1.54) is 11.1 Å². The summed E-state index contributed by atoms with van der Waals surface area (Å²) in [7, 11) is 0. The fourth-order valence-electron chi connectivity index (χ4n) is 3.28. The predicted octanol–water partition coefficient (Wildman–Crippen LogP) is 2.73. The first-order chi connectivity index (χ1) is 9.30. The van der Waals surface area contributed by atoms with Crippen molar-refractivity contribution < 1.29 is 4.79 Å². The van der Waals surface area contributed by atoms with Crippen molar-refractivity contribution in [2.45, 2.75) is 53.5 Å². The van der Waals surface area contributed by atoms with Crippen molar-refractivity contribution in [3.8, 4) is 0 Å². The molecule has 1 atom stereocenters. The Morgan fingerprint density at radius 1 is 1.30 bits per heavy atom. The lowest BCUT2D eigenvalue weighted by Crippen LogP contribution is -2.44. The first-order valence-electron chi connectivity index (χ1n) is 7.74. The van der Waals surface area contributed by atoms with Crippen LogP contribution < -0.4 is 5.32 Å². The van der Waals surface area contributed by atoms with Crippen molar-refractivity contribution in [1.29, 1.82) is 0 Å². The van der Waals surface area contributed by atoms with Crippen LogP contribution in [0.4, 0.5) is 0 Å². The van der Waals surface area contributed by atoms with E-state index in [9.17, 15) is 4.79 Å². The molecule has 112 valence electrons. The number of hydrogen-bond donors (Lipinski definition) is 1. The Morgan fingerprint density at radius 3 is 2.40 bits per heavy atom. The molecule has 1 unspecified atom stereocenters. The van der Waals surface area contributed by atoms with Crippen LogP contribution in [-0.4, -0.2) is 36.5 Å². The fourth-order valence-corrected chi connectivity index (χ4v) is 3.28. The molecule has 20 heavy (non-hydrogen) atoms. The van der Waals surface area contributed by atoms with Crippen LogP contribution in [0.15, 0.2) is 16.9 Å². The fraction of sp³-hybridized carbons (Fsp3) is 0.765. The van der Waals surface area contributed by atoms with Crippen LogP contribution in [0.2, 0.25) is 0 Å². The number of piperidine rings is 1. The van der Waals surface area contributed by atoms with Crippen molar-refractivity contribution in [2.75, 3.05) is 19.6 Å². The molecule has 2 fully saturated rings. The lowest BCUT2D eigenvalue weighted by Gasteiger charge is -2.32. The van der Waals surface area contributed by atoms with Crippen LogP contribution in [0.3, 0.4) is 0 Å². The van der Waals surface area contributed by atoms with E-state index < -0.39 is 0 Å². The van der Waals surface area contributed by atoms with E-state index in [-0.39, 0.29) is 5.91 Å². The van der Waals surface area contributed by atoms with Gasteiger partial charge in [-0.1, -0.05) is 13.8 Å². The smallest absolute Gasteiger partial charge is 0.217 e. The van der Waals surface area contributed by atoms with Gasteiger partial charge in [-0.2, -0.15) is 0 Å². The van der Waals surface area contributed by atoms with Gasteiger partial charge in [-0.25, -0.2) is 0 Å². The van der Waals surface area contributed by atoms with Crippen molar-refractivity contribution in [3.63, 3.8) is 0 Å². The second-order valence-electron chi connectivity index (χ2n) is 7.09. The lowest BCUT2D eigenvalue weighted by atomic mass is 10.0. The quantitative estimate of drug-likeness (QED) is 0.804. The summed E-state index contributed by atoms with van der Waals surface area (Å²) >= 11 is 0. The van der Waals surface area contributed by atoms with E-state index in [0.29, 0.717) is 17.4 Å². The average molecular weight is 276 g/mol. The molecule has 2 aliphatic rings. The highest BCUT2D eigenvalue weighted by molar-refractivity contribution is 5.73. The molecule has 1 heterocycles. The summed E-state index contributed by atoms with van der Waals surface area (Å²) in [5.74, 6) is 0.760. The molecule has 1 amide bonds. The summed E-state index contributed by atoms with van der Waals surface area (Å²) in [6.07, 6.45) is 2.16. The standard InChI is InChI=1S/C17H28N2O/c1-12(2)10-15-16(17(15,4)5)11-19-8-6-14(7-9-19)18-13(3)20/h14,16H,6-9,11H2,1-5H3,(H,18,20). The van der Waals surface area contributed by atoms with Gasteiger partial charge in [0.25, 0.3) is 0 Å². The molecule has 0 radical (unpaired) electrons. The molecular weight excluding hydrogens is 248 g/mol. The van der Waals surface area contributed by atoms with Gasteiger partial charge in [-0.15, -0.1) is 5.73 Å². The zero-order chi connectivity index (χ0) is 14.9. The Labute approximate surface area is 123 Å². The molecular formula is C17H28N2O. The third-order valence-corrected chi connectivity index (χ3v) is 4.65. The Balaban J connectivity index is 1.85. The summed E-state index contributed by atoms with van der Waals surface area (Å²) in [5.41, 5.74) is 6.62. The second kappa shape index (κ2) is 5.75. The maximum absolute atomic E-state index is 11.1. The van der Waals surface area contributed by atoms with Gasteiger partial charge < -0.3 is 10.2 Å². The Bertz CT molecular complexity index is 446. The van der Waals surface area contributed by atoms with Gasteiger partial charge >= 0.3 is 0 Å². The normalized spacial score (nSPS) is 26.1. The molecule has 1 saturated carbocycles. The molecule has 0 aromatic carbocycles. The number of carbonyl (C=O) groups is 1. The number of nitrogens with zero attached hydrogens (tertiary/aromatic N) is 1. The minimum absolute atomic E-state index is 0.0977. The van der Waals surface area contributed by atoms with E-state index in [1.54, 1.807) is 6.92 Å². The van der Waals surface area contributed by atoms with Crippen LogP contribution in [0.1, 0.15) is 47.5 Å². The molecule has 0 bridgehead atoms. The number of likely N-dealkylation sites (tertiary alicyclic amines) is 1. The number of nitrogens with one attached hydrogen (secondary N) is 1. The molecule has 3 heteroatoms. The van der Waals surface area contributed by atoms with Crippen LogP contribution in [0, 0.1) is 11.3 Å². The number of hydrogen-bond acceptors (Lipinski definition) is 2. The summed E-state index contributed by atoms with van der Waals surface area (Å²) < 4.78 is 0. The minimum atomic E-state index is 0.0977. The minimum Gasteiger partial charge on any atom is -0.354 e. The zero-order valence-electron chi connectivity index (χ0n) is 13.5. The predicted molar refractivity (Wildman–Crippen MR) is 82.4 cm³/mol. The summed E-state index contributed by atoms with van der Waals surface area (Å²) in [6, 6.07) is 0.378. The van der Waals surface area contributed by atoms with Crippen LogP contribution in [0.25, 0.3) is 0 Å². The SMILES string of the molecule is CC(=O)NC1CCN(CC2C(=C=C(C)C)C2(C)C)CC1. The third kappa shape index (κ3) is 3.53. The first kappa shape index (κ1) is 15.3. The Morgan fingerprint density at radius 2 is 1.90 bits per heavy atom. The molecule has 1 aliphatic heterocycles. The molecule has 2 rings (SSSR count). The van der Waals surface area contributed by atoms with Gasteiger partial charge in [-0.05, 0) is 37.8 Å². The van der Waals surface area contributed by atoms with Crippen LogP contribution >= 0.6 is 0 Å². The van der Waals surface area contributed by atoms with Gasteiger partial charge in [0.05, 0.1) is 0 Å². The molecule has 3 nitrogen and oxygen atoms in total. The van der Waals surface area contributed by atoms with E-state index >= 15 is 0 Å². The maximum atomic E-state index is 11.1. The highest BCUT2D eigenvalue weighted by atomic mass is 16.1. The number of carbonyl (C=O) groups excluding carboxylic acids is 1. The van der Waals surface area contributed by atoms with Gasteiger partial charge in [0, 0.05) is 43.9 Å². The monoisotopic (exact) mass is 276 g/mol. The van der Waals surface area contributed by atoms with Crippen molar-refractivity contribution in [3.05, 3.63) is 16.9 Å². The zero-order valence-corrected chi connectivity index (χ0v) is 13.5. The van der Waals surface area contributed by atoms with Gasteiger partial charge in [0.2, 0.25) is 5.91 Å². The van der Waals surface area contributed by atoms with Crippen LogP contribution in [0.5, 0.6) is 0 Å². The maximum Gasteiger partial charge on any atom is 0.217 e. The van der Waals surface area contributed by atoms with E-state index in [4.69, 9.17) is 0 Å². The van der Waals surface area contributed by atoms with E-state index in [1.807, 2.05) is 0 Å².